The molecule has 0 saturated heterocycles. The van der Waals surface area contributed by atoms with Gasteiger partial charge >= 0.3 is 0 Å². The van der Waals surface area contributed by atoms with Gasteiger partial charge in [-0.15, -0.1) is 0 Å². The summed E-state index contributed by atoms with van der Waals surface area (Å²) in [6, 6.07) is 46.5. The highest BCUT2D eigenvalue weighted by Gasteiger charge is 2.26. The molecule has 0 atom stereocenters. The van der Waals surface area contributed by atoms with Gasteiger partial charge in [0.05, 0.1) is 33.4 Å². The molecule has 0 N–H and O–H groups in total. The van der Waals surface area contributed by atoms with Gasteiger partial charge in [-0.05, 0) is 110 Å². The van der Waals surface area contributed by atoms with Crippen molar-refractivity contribution in [2.75, 3.05) is 0 Å². The van der Waals surface area contributed by atoms with E-state index in [0.717, 1.165) is 0 Å². The Morgan fingerprint density at radius 1 is 0.315 bits per heavy atom. The second-order valence-corrected chi connectivity index (χ2v) is 19.6. The van der Waals surface area contributed by atoms with Crippen LogP contribution in [0, 0.1) is 0 Å². The molecule has 8 rings (SSSR count). The lowest BCUT2D eigenvalue weighted by Crippen LogP contribution is -2.10. The quantitative estimate of drug-likeness (QED) is 0.173. The minimum Gasteiger partial charge on any atom is -0.309 e. The molecule has 0 aliphatic heterocycles. The highest BCUT2D eigenvalue weighted by molar-refractivity contribution is 6.12. The first-order chi connectivity index (χ1) is 25.3. The maximum atomic E-state index is 2.53. The van der Waals surface area contributed by atoms with Crippen LogP contribution >= 0.6 is 0 Å². The third-order valence-electron chi connectivity index (χ3n) is 11.6. The van der Waals surface area contributed by atoms with Gasteiger partial charge in [-0.25, -0.2) is 0 Å². The van der Waals surface area contributed by atoms with Crippen molar-refractivity contribution in [3.8, 4) is 22.5 Å². The molecule has 0 aliphatic rings. The molecule has 0 aliphatic carbocycles. The number of hydrogen-bond donors (Lipinski definition) is 0. The minimum atomic E-state index is 0.0373. The van der Waals surface area contributed by atoms with Crippen molar-refractivity contribution in [3.63, 3.8) is 0 Å². The van der Waals surface area contributed by atoms with Gasteiger partial charge in [-0.2, -0.15) is 0 Å². The Kier molecular flexibility index (Phi) is 8.13. The van der Waals surface area contributed by atoms with E-state index in [1.807, 2.05) is 0 Å². The normalized spacial score (nSPS) is 13.2. The molecule has 0 amide bonds. The smallest absolute Gasteiger partial charge is 0.0561 e. The molecule has 0 radical (unpaired) electrons. The summed E-state index contributed by atoms with van der Waals surface area (Å²) in [5.74, 6) is 0. The van der Waals surface area contributed by atoms with Crippen LogP contribution in [0.15, 0.2) is 121 Å². The molecule has 2 aromatic heterocycles. The van der Waals surface area contributed by atoms with E-state index < -0.39 is 0 Å². The van der Waals surface area contributed by atoms with Crippen LogP contribution in [0.4, 0.5) is 0 Å². The second kappa shape index (κ2) is 12.2. The van der Waals surface area contributed by atoms with Crippen molar-refractivity contribution < 1.29 is 0 Å². The van der Waals surface area contributed by atoms with E-state index in [1.165, 1.54) is 88.4 Å². The first-order valence-electron chi connectivity index (χ1n) is 19.7. The Labute approximate surface area is 322 Å². The number of nitrogens with zero attached hydrogens (tertiary/aromatic N) is 2. The molecular weight excluding hydrogens is 653 g/mol. The van der Waals surface area contributed by atoms with E-state index in [0.29, 0.717) is 0 Å². The molecule has 0 fully saturated rings. The number of benzene rings is 6. The molecule has 2 nitrogen and oxygen atoms in total. The molecule has 0 spiro atoms. The zero-order chi connectivity index (χ0) is 38.5. The average Bonchev–Trinajstić information content (AvgIpc) is 3.61. The highest BCUT2D eigenvalue weighted by atomic mass is 15.0. The average molecular weight is 709 g/mol. The van der Waals surface area contributed by atoms with Crippen molar-refractivity contribution in [2.24, 2.45) is 0 Å². The minimum absolute atomic E-state index is 0.0373. The van der Waals surface area contributed by atoms with E-state index in [4.69, 9.17) is 0 Å². The lowest BCUT2D eigenvalue weighted by atomic mass is 9.85. The Hall–Kier alpha value is -5.08. The molecule has 0 bridgehead atoms. The highest BCUT2D eigenvalue weighted by Crippen LogP contribution is 2.44. The number of hydrogen-bond acceptors (Lipinski definition) is 0. The molecule has 0 saturated carbocycles. The van der Waals surface area contributed by atoms with Crippen LogP contribution in [0.5, 0.6) is 0 Å². The van der Waals surface area contributed by atoms with E-state index in [9.17, 15) is 0 Å². The summed E-state index contributed by atoms with van der Waals surface area (Å²) >= 11 is 0. The first kappa shape index (κ1) is 35.9. The zero-order valence-corrected chi connectivity index (χ0v) is 34.4. The lowest BCUT2D eigenvalue weighted by molar-refractivity contribution is 0.590. The Morgan fingerprint density at radius 3 is 0.889 bits per heavy atom. The fourth-order valence-corrected chi connectivity index (χ4v) is 8.23. The van der Waals surface area contributed by atoms with E-state index in [-0.39, 0.29) is 21.7 Å². The lowest BCUT2D eigenvalue weighted by Gasteiger charge is -2.22. The molecular formula is C52H56N2. The predicted octanol–water partition coefficient (Wildman–Crippen LogP) is 14.7. The van der Waals surface area contributed by atoms with Crippen molar-refractivity contribution in [2.45, 2.75) is 105 Å². The largest absolute Gasteiger partial charge is 0.309 e. The summed E-state index contributed by atoms with van der Waals surface area (Å²) in [6.07, 6.45) is 0. The summed E-state index contributed by atoms with van der Waals surface area (Å²) in [5.41, 5.74) is 15.2. The molecule has 2 heterocycles. The monoisotopic (exact) mass is 708 g/mol. The van der Waals surface area contributed by atoms with Crippen molar-refractivity contribution in [1.82, 2.24) is 9.13 Å². The molecule has 2 heteroatoms. The Balaban J connectivity index is 1.52. The summed E-state index contributed by atoms with van der Waals surface area (Å²) in [4.78, 5) is 0. The zero-order valence-electron chi connectivity index (χ0n) is 34.4. The van der Waals surface area contributed by atoms with Crippen LogP contribution in [0.25, 0.3) is 66.1 Å². The van der Waals surface area contributed by atoms with E-state index in [2.05, 4.69) is 214 Å². The van der Waals surface area contributed by atoms with E-state index in [1.54, 1.807) is 0 Å². The molecule has 0 unspecified atom stereocenters. The summed E-state index contributed by atoms with van der Waals surface area (Å²) in [5, 5.41) is 5.20. The van der Waals surface area contributed by atoms with E-state index >= 15 is 0 Å². The van der Waals surface area contributed by atoms with Crippen LogP contribution in [-0.2, 0) is 21.7 Å². The van der Waals surface area contributed by atoms with Gasteiger partial charge in [0, 0.05) is 27.1 Å². The van der Waals surface area contributed by atoms with Gasteiger partial charge in [0.15, 0.2) is 0 Å². The standard InChI is InChI=1S/C52H56N2/c1-49(2,3)34-21-25-42-38(29-34)39-30-35(50(4,5)6)22-26-43(39)53(42)46-19-16-20-47(48(46)33-17-14-13-15-18-33)54-44-27-23-36(51(7,8)9)31-40(44)41-32-37(52(10,11)12)24-28-45(41)54/h13-32H,1-12H3. The number of aromatic nitrogens is 2. The van der Waals surface area contributed by atoms with Gasteiger partial charge < -0.3 is 9.13 Å². The maximum absolute atomic E-state index is 2.53. The third kappa shape index (κ3) is 5.95. The molecule has 8 aromatic rings. The van der Waals surface area contributed by atoms with Crippen LogP contribution < -0.4 is 0 Å². The Morgan fingerprint density at radius 2 is 0.611 bits per heavy atom. The van der Waals surface area contributed by atoms with Crippen molar-refractivity contribution in [3.05, 3.63) is 144 Å². The van der Waals surface area contributed by atoms with Gasteiger partial charge in [-0.1, -0.05) is 144 Å². The first-order valence-corrected chi connectivity index (χ1v) is 19.7. The number of fused-ring (bicyclic) bond motifs is 6. The van der Waals surface area contributed by atoms with Gasteiger partial charge in [0.2, 0.25) is 0 Å². The molecule has 54 heavy (non-hydrogen) atoms. The molecule has 274 valence electrons. The van der Waals surface area contributed by atoms with Crippen LogP contribution in [0.3, 0.4) is 0 Å². The van der Waals surface area contributed by atoms with Gasteiger partial charge in [0.1, 0.15) is 0 Å². The second-order valence-electron chi connectivity index (χ2n) is 19.6. The summed E-state index contributed by atoms with van der Waals surface area (Å²) in [7, 11) is 0. The van der Waals surface area contributed by atoms with Crippen LogP contribution in [0.1, 0.15) is 105 Å². The fraction of sp³-hybridized carbons (Fsp3) is 0.308. The summed E-state index contributed by atoms with van der Waals surface area (Å²) in [6.45, 7) is 27.7. The Bertz CT molecular complexity index is 2410. The molecule has 6 aromatic carbocycles. The third-order valence-corrected chi connectivity index (χ3v) is 11.6. The number of rotatable bonds is 3. The van der Waals surface area contributed by atoms with Gasteiger partial charge in [-0.3, -0.25) is 0 Å². The SMILES string of the molecule is CC(C)(C)c1ccc2c(c1)c1cc(C(C)(C)C)ccc1n2-c1cccc(-n2c3ccc(C(C)(C)C)cc3c3cc(C(C)(C)C)ccc32)c1-c1ccccc1. The fourth-order valence-electron chi connectivity index (χ4n) is 8.23. The van der Waals surface area contributed by atoms with Crippen LogP contribution in [-0.4, -0.2) is 9.13 Å². The van der Waals surface area contributed by atoms with Crippen molar-refractivity contribution in [1.29, 1.82) is 0 Å². The topological polar surface area (TPSA) is 9.86 Å². The van der Waals surface area contributed by atoms with Crippen LogP contribution in [0.2, 0.25) is 0 Å². The predicted molar refractivity (Wildman–Crippen MR) is 235 cm³/mol. The van der Waals surface area contributed by atoms with Crippen molar-refractivity contribution >= 4 is 43.6 Å². The van der Waals surface area contributed by atoms with Gasteiger partial charge in [0.25, 0.3) is 0 Å². The summed E-state index contributed by atoms with van der Waals surface area (Å²) < 4.78 is 5.05. The maximum Gasteiger partial charge on any atom is 0.0561 e.